The molecule has 1 heterocycles. The Balaban J connectivity index is 3.38. The maximum Gasteiger partial charge on any atom is 0.573 e. The van der Waals surface area contributed by atoms with Crippen LogP contribution in [-0.4, -0.2) is 24.4 Å². The number of ether oxygens (including phenoxy) is 2. The van der Waals surface area contributed by atoms with Crippen molar-refractivity contribution in [2.75, 3.05) is 7.11 Å². The number of pyridine rings is 1. The minimum Gasteiger partial charge on any atom is -0.469 e. The van der Waals surface area contributed by atoms with E-state index in [9.17, 15) is 26.7 Å². The standard InChI is InChI=1S/C11H9BrF5NO3/c1-20-8(19)2-7-5(3-12)9(21-11(15,16)17)6(4-18-7)10(13)14/h4,10H,2-3H2,1H3. The van der Waals surface area contributed by atoms with E-state index in [1.54, 1.807) is 0 Å². The molecule has 0 unspecified atom stereocenters. The molecule has 0 spiro atoms. The summed E-state index contributed by atoms with van der Waals surface area (Å²) in [5.41, 5.74) is -1.42. The molecule has 1 aromatic rings. The lowest BCUT2D eigenvalue weighted by molar-refractivity contribution is -0.275. The minimum atomic E-state index is -5.15. The number of hydrogen-bond donors (Lipinski definition) is 0. The summed E-state index contributed by atoms with van der Waals surface area (Å²) < 4.78 is 70.7. The molecule has 1 aromatic heterocycles. The maximum absolute atomic E-state index is 12.8. The Morgan fingerprint density at radius 1 is 1.43 bits per heavy atom. The number of rotatable bonds is 5. The number of esters is 1. The fourth-order valence-corrected chi connectivity index (χ4v) is 2.06. The first-order valence-corrected chi connectivity index (χ1v) is 6.49. The van der Waals surface area contributed by atoms with Gasteiger partial charge >= 0.3 is 12.3 Å². The van der Waals surface area contributed by atoms with Crippen LogP contribution in [0.25, 0.3) is 0 Å². The van der Waals surface area contributed by atoms with Crippen LogP contribution in [0.15, 0.2) is 6.20 Å². The van der Waals surface area contributed by atoms with Gasteiger partial charge < -0.3 is 9.47 Å². The molecule has 21 heavy (non-hydrogen) atoms. The van der Waals surface area contributed by atoms with E-state index in [1.807, 2.05) is 0 Å². The summed E-state index contributed by atoms with van der Waals surface area (Å²) in [6, 6.07) is 0. The largest absolute Gasteiger partial charge is 0.573 e. The van der Waals surface area contributed by atoms with Gasteiger partial charge in [-0.15, -0.1) is 13.2 Å². The van der Waals surface area contributed by atoms with Crippen molar-refractivity contribution < 1.29 is 36.2 Å². The van der Waals surface area contributed by atoms with Gasteiger partial charge in [-0.3, -0.25) is 9.78 Å². The van der Waals surface area contributed by atoms with Crippen molar-refractivity contribution >= 4 is 21.9 Å². The van der Waals surface area contributed by atoms with Crippen LogP contribution in [-0.2, 0) is 21.3 Å². The number of methoxy groups -OCH3 is 1. The molecule has 118 valence electrons. The molecular weight excluding hydrogens is 369 g/mol. The zero-order chi connectivity index (χ0) is 16.2. The second-order valence-electron chi connectivity index (χ2n) is 3.70. The van der Waals surface area contributed by atoms with Gasteiger partial charge in [-0.05, 0) is 0 Å². The van der Waals surface area contributed by atoms with Crippen molar-refractivity contribution in [1.82, 2.24) is 4.98 Å². The zero-order valence-electron chi connectivity index (χ0n) is 10.5. The first-order chi connectivity index (χ1) is 9.69. The summed E-state index contributed by atoms with van der Waals surface area (Å²) >= 11 is 2.88. The second-order valence-corrected chi connectivity index (χ2v) is 4.26. The van der Waals surface area contributed by atoms with E-state index >= 15 is 0 Å². The van der Waals surface area contributed by atoms with Crippen molar-refractivity contribution in [2.45, 2.75) is 24.5 Å². The monoisotopic (exact) mass is 377 g/mol. The summed E-state index contributed by atoms with van der Waals surface area (Å²) in [6.45, 7) is 0. The lowest BCUT2D eigenvalue weighted by atomic mass is 10.1. The quantitative estimate of drug-likeness (QED) is 0.447. The summed E-state index contributed by atoms with van der Waals surface area (Å²) in [6.07, 6.45) is -8.27. The predicted octanol–water partition coefficient (Wildman–Crippen LogP) is 3.53. The van der Waals surface area contributed by atoms with Crippen LogP contribution in [0, 0.1) is 0 Å². The highest BCUT2D eigenvalue weighted by atomic mass is 79.9. The molecule has 0 radical (unpaired) electrons. The van der Waals surface area contributed by atoms with Gasteiger partial charge in [0.1, 0.15) is 5.75 Å². The lowest BCUT2D eigenvalue weighted by Crippen LogP contribution is -2.21. The summed E-state index contributed by atoms with van der Waals surface area (Å²) in [5.74, 6) is -1.82. The molecule has 0 aliphatic rings. The third-order valence-electron chi connectivity index (χ3n) is 2.37. The Hall–Kier alpha value is -1.45. The van der Waals surface area contributed by atoms with E-state index in [-0.39, 0.29) is 16.6 Å². The van der Waals surface area contributed by atoms with E-state index in [2.05, 4.69) is 30.4 Å². The zero-order valence-corrected chi connectivity index (χ0v) is 12.1. The molecule has 0 amide bonds. The van der Waals surface area contributed by atoms with E-state index < -0.39 is 36.5 Å². The van der Waals surface area contributed by atoms with Crippen molar-refractivity contribution in [3.63, 3.8) is 0 Å². The molecule has 0 fully saturated rings. The van der Waals surface area contributed by atoms with E-state index in [0.29, 0.717) is 6.20 Å². The van der Waals surface area contributed by atoms with Gasteiger partial charge in [0.2, 0.25) is 0 Å². The van der Waals surface area contributed by atoms with Crippen molar-refractivity contribution in [3.05, 3.63) is 23.0 Å². The number of alkyl halides is 6. The van der Waals surface area contributed by atoms with Crippen LogP contribution in [0.1, 0.15) is 23.2 Å². The van der Waals surface area contributed by atoms with Crippen LogP contribution in [0.2, 0.25) is 0 Å². The molecule has 0 bridgehead atoms. The SMILES string of the molecule is COC(=O)Cc1ncc(C(F)F)c(OC(F)(F)F)c1CBr. The number of hydrogen-bond acceptors (Lipinski definition) is 4. The molecule has 0 saturated heterocycles. The summed E-state index contributed by atoms with van der Waals surface area (Å²) in [7, 11) is 1.08. The summed E-state index contributed by atoms with van der Waals surface area (Å²) in [5, 5.41) is -0.252. The molecule has 10 heteroatoms. The van der Waals surface area contributed by atoms with Gasteiger partial charge in [0.15, 0.2) is 0 Å². The molecule has 0 atom stereocenters. The summed E-state index contributed by atoms with van der Waals surface area (Å²) in [4.78, 5) is 14.8. The number of carbonyl (C=O) groups is 1. The Morgan fingerprint density at radius 2 is 2.05 bits per heavy atom. The van der Waals surface area contributed by atoms with Gasteiger partial charge in [0.05, 0.1) is 24.8 Å². The van der Waals surface area contributed by atoms with E-state index in [1.165, 1.54) is 0 Å². The van der Waals surface area contributed by atoms with Crippen LogP contribution in [0.4, 0.5) is 22.0 Å². The highest BCUT2D eigenvalue weighted by Crippen LogP contribution is 2.37. The molecule has 0 N–H and O–H groups in total. The first-order valence-electron chi connectivity index (χ1n) is 5.37. The molecule has 4 nitrogen and oxygen atoms in total. The highest BCUT2D eigenvalue weighted by Gasteiger charge is 2.35. The second kappa shape index (κ2) is 7.01. The molecule has 0 aromatic carbocycles. The smallest absolute Gasteiger partial charge is 0.469 e. The molecule has 0 aliphatic heterocycles. The highest BCUT2D eigenvalue weighted by molar-refractivity contribution is 9.08. The third-order valence-corrected chi connectivity index (χ3v) is 2.93. The maximum atomic E-state index is 12.8. The molecule has 1 rings (SSSR count). The van der Waals surface area contributed by atoms with Crippen LogP contribution in [0.5, 0.6) is 5.75 Å². The normalized spacial score (nSPS) is 11.6. The fraction of sp³-hybridized carbons (Fsp3) is 0.455. The van der Waals surface area contributed by atoms with Gasteiger partial charge in [-0.25, -0.2) is 8.78 Å². The number of halogens is 6. The van der Waals surface area contributed by atoms with Gasteiger partial charge in [-0.1, -0.05) is 15.9 Å². The van der Waals surface area contributed by atoms with Crippen LogP contribution >= 0.6 is 15.9 Å². The lowest BCUT2D eigenvalue weighted by Gasteiger charge is -2.17. The van der Waals surface area contributed by atoms with Crippen LogP contribution in [0.3, 0.4) is 0 Å². The number of carbonyl (C=O) groups excluding carboxylic acids is 1. The molecule has 0 aliphatic carbocycles. The van der Waals surface area contributed by atoms with E-state index in [0.717, 1.165) is 7.11 Å². The number of nitrogens with zero attached hydrogens (tertiary/aromatic N) is 1. The average molecular weight is 378 g/mol. The average Bonchev–Trinajstić information content (AvgIpc) is 2.36. The first kappa shape index (κ1) is 17.6. The Morgan fingerprint density at radius 3 is 2.48 bits per heavy atom. The fourth-order valence-electron chi connectivity index (χ4n) is 1.48. The topological polar surface area (TPSA) is 48.4 Å². The van der Waals surface area contributed by atoms with Crippen molar-refractivity contribution in [1.29, 1.82) is 0 Å². The van der Waals surface area contributed by atoms with Crippen molar-refractivity contribution in [3.8, 4) is 5.75 Å². The number of aromatic nitrogens is 1. The van der Waals surface area contributed by atoms with Crippen LogP contribution < -0.4 is 4.74 Å². The van der Waals surface area contributed by atoms with Crippen molar-refractivity contribution in [2.24, 2.45) is 0 Å². The Labute approximate surface area is 124 Å². The third kappa shape index (κ3) is 4.80. The Kier molecular flexibility index (Phi) is 5.87. The minimum absolute atomic E-state index is 0.137. The van der Waals surface area contributed by atoms with Gasteiger partial charge in [0, 0.05) is 17.1 Å². The molecular formula is C11H9BrF5NO3. The van der Waals surface area contributed by atoms with Gasteiger partial charge in [-0.2, -0.15) is 0 Å². The Bertz CT molecular complexity index is 521. The molecule has 0 saturated carbocycles. The predicted molar refractivity (Wildman–Crippen MR) is 64.2 cm³/mol. The van der Waals surface area contributed by atoms with Gasteiger partial charge in [0.25, 0.3) is 6.43 Å². The van der Waals surface area contributed by atoms with E-state index in [4.69, 9.17) is 0 Å².